The number of aromatic nitrogens is 2. The second-order valence-electron chi connectivity index (χ2n) is 8.00. The molecule has 0 bridgehead atoms. The molecule has 2 fully saturated rings. The Morgan fingerprint density at radius 2 is 1.88 bits per heavy atom. The molecule has 0 spiro atoms. The SMILES string of the molecule is CC1(C)OB(c2cnc(N3CCC(CNCCN)C3)nc2)OC1(C)C. The Balaban J connectivity index is 1.58. The van der Waals surface area contributed by atoms with Crippen LogP contribution in [0, 0.1) is 5.92 Å². The van der Waals surface area contributed by atoms with E-state index in [-0.39, 0.29) is 11.2 Å². The van der Waals surface area contributed by atoms with Crippen molar-refractivity contribution in [2.24, 2.45) is 11.7 Å². The summed E-state index contributed by atoms with van der Waals surface area (Å²) >= 11 is 0. The van der Waals surface area contributed by atoms with E-state index in [4.69, 9.17) is 15.0 Å². The van der Waals surface area contributed by atoms with Crippen LogP contribution in [0.1, 0.15) is 34.1 Å². The number of anilines is 1. The van der Waals surface area contributed by atoms with Crippen LogP contribution in [0.5, 0.6) is 0 Å². The van der Waals surface area contributed by atoms with Crippen LogP contribution in [0.15, 0.2) is 12.4 Å². The lowest BCUT2D eigenvalue weighted by Gasteiger charge is -2.32. The largest absolute Gasteiger partial charge is 0.498 e. The molecule has 1 aromatic heterocycles. The van der Waals surface area contributed by atoms with Crippen molar-refractivity contribution in [3.8, 4) is 0 Å². The standard InChI is InChI=1S/C17H30BN5O2/c1-16(2)17(3,4)25-18(24-16)14-10-21-15(22-11-14)23-8-5-13(12-23)9-20-7-6-19/h10-11,13,20H,5-9,12,19H2,1-4H3. The van der Waals surface area contributed by atoms with Crippen molar-refractivity contribution in [2.75, 3.05) is 37.6 Å². The number of nitrogens with one attached hydrogen (secondary N) is 1. The maximum absolute atomic E-state index is 6.05. The van der Waals surface area contributed by atoms with E-state index in [0.29, 0.717) is 12.5 Å². The first-order chi connectivity index (χ1) is 11.8. The molecule has 25 heavy (non-hydrogen) atoms. The van der Waals surface area contributed by atoms with Crippen LogP contribution in [0.25, 0.3) is 0 Å². The molecule has 3 rings (SSSR count). The van der Waals surface area contributed by atoms with Crippen molar-refractivity contribution >= 4 is 18.5 Å². The molecule has 7 nitrogen and oxygen atoms in total. The zero-order chi connectivity index (χ0) is 18.1. The zero-order valence-corrected chi connectivity index (χ0v) is 15.8. The summed E-state index contributed by atoms with van der Waals surface area (Å²) in [4.78, 5) is 11.3. The average molecular weight is 347 g/mol. The lowest BCUT2D eigenvalue weighted by atomic mass is 9.81. The van der Waals surface area contributed by atoms with Gasteiger partial charge in [0.2, 0.25) is 5.95 Å². The van der Waals surface area contributed by atoms with Crippen LogP contribution in [0.4, 0.5) is 5.95 Å². The van der Waals surface area contributed by atoms with Crippen LogP contribution >= 0.6 is 0 Å². The Morgan fingerprint density at radius 1 is 1.24 bits per heavy atom. The van der Waals surface area contributed by atoms with E-state index in [1.165, 1.54) is 0 Å². The summed E-state index contributed by atoms with van der Waals surface area (Å²) < 4.78 is 12.1. The summed E-state index contributed by atoms with van der Waals surface area (Å²) in [6.45, 7) is 12.7. The molecule has 2 aliphatic heterocycles. The molecule has 0 saturated carbocycles. The van der Waals surface area contributed by atoms with E-state index in [1.807, 2.05) is 40.1 Å². The predicted molar refractivity (Wildman–Crippen MR) is 100.0 cm³/mol. The van der Waals surface area contributed by atoms with Crippen molar-refractivity contribution in [1.29, 1.82) is 0 Å². The first-order valence-electron chi connectivity index (χ1n) is 9.16. The fourth-order valence-corrected chi connectivity index (χ4v) is 3.18. The molecule has 8 heteroatoms. The highest BCUT2D eigenvalue weighted by Crippen LogP contribution is 2.36. The molecule has 138 valence electrons. The average Bonchev–Trinajstić information content (AvgIpc) is 3.10. The lowest BCUT2D eigenvalue weighted by Crippen LogP contribution is -2.41. The van der Waals surface area contributed by atoms with E-state index in [2.05, 4.69) is 20.2 Å². The van der Waals surface area contributed by atoms with Gasteiger partial charge in [-0.2, -0.15) is 0 Å². The topological polar surface area (TPSA) is 85.5 Å². The van der Waals surface area contributed by atoms with Crippen molar-refractivity contribution in [1.82, 2.24) is 15.3 Å². The van der Waals surface area contributed by atoms with Gasteiger partial charge in [0.1, 0.15) is 0 Å². The van der Waals surface area contributed by atoms with Crippen molar-refractivity contribution in [3.63, 3.8) is 0 Å². The van der Waals surface area contributed by atoms with Gasteiger partial charge in [-0.3, -0.25) is 0 Å². The number of nitrogens with two attached hydrogens (primary N) is 1. The lowest BCUT2D eigenvalue weighted by molar-refractivity contribution is 0.00578. The minimum atomic E-state index is -0.411. The summed E-state index contributed by atoms with van der Waals surface area (Å²) in [6.07, 6.45) is 4.80. The van der Waals surface area contributed by atoms with Crippen molar-refractivity contribution in [3.05, 3.63) is 12.4 Å². The minimum Gasteiger partial charge on any atom is -0.399 e. The van der Waals surface area contributed by atoms with Gasteiger partial charge in [0, 0.05) is 44.0 Å². The summed E-state index contributed by atoms with van der Waals surface area (Å²) in [5.41, 5.74) is 5.68. The Bertz CT molecular complexity index is 565. The summed E-state index contributed by atoms with van der Waals surface area (Å²) in [7, 11) is -0.411. The normalized spacial score (nSPS) is 24.9. The maximum atomic E-state index is 6.05. The molecule has 0 amide bonds. The Kier molecular flexibility index (Phi) is 5.34. The summed E-state index contributed by atoms with van der Waals surface area (Å²) in [6, 6.07) is 0. The third-order valence-corrected chi connectivity index (χ3v) is 5.51. The van der Waals surface area contributed by atoms with E-state index in [0.717, 1.165) is 44.0 Å². The van der Waals surface area contributed by atoms with E-state index >= 15 is 0 Å². The fourth-order valence-electron chi connectivity index (χ4n) is 3.18. The molecule has 2 aliphatic rings. The Labute approximate surface area is 150 Å². The molecule has 1 atom stereocenters. The van der Waals surface area contributed by atoms with E-state index in [9.17, 15) is 0 Å². The number of nitrogens with zero attached hydrogens (tertiary/aromatic N) is 3. The molecule has 2 saturated heterocycles. The molecular weight excluding hydrogens is 317 g/mol. The van der Waals surface area contributed by atoms with Crippen LogP contribution in [0.3, 0.4) is 0 Å². The highest BCUT2D eigenvalue weighted by Gasteiger charge is 2.52. The van der Waals surface area contributed by atoms with Gasteiger partial charge in [-0.05, 0) is 46.6 Å². The van der Waals surface area contributed by atoms with Gasteiger partial charge in [0.05, 0.1) is 11.2 Å². The Hall–Kier alpha value is -1.22. The summed E-state index contributed by atoms with van der Waals surface area (Å²) in [5.74, 6) is 1.40. The van der Waals surface area contributed by atoms with Gasteiger partial charge in [-0.1, -0.05) is 0 Å². The molecule has 0 aliphatic carbocycles. The minimum absolute atomic E-state index is 0.352. The first-order valence-corrected chi connectivity index (χ1v) is 9.16. The molecule has 0 aromatic carbocycles. The molecule has 3 heterocycles. The quantitative estimate of drug-likeness (QED) is 0.560. The second-order valence-corrected chi connectivity index (χ2v) is 8.00. The molecule has 0 radical (unpaired) electrons. The third kappa shape index (κ3) is 3.97. The third-order valence-electron chi connectivity index (χ3n) is 5.51. The van der Waals surface area contributed by atoms with Crippen LogP contribution < -0.4 is 21.4 Å². The fraction of sp³-hybridized carbons (Fsp3) is 0.765. The van der Waals surface area contributed by atoms with Gasteiger partial charge < -0.3 is 25.3 Å². The van der Waals surface area contributed by atoms with E-state index < -0.39 is 7.12 Å². The molecule has 1 aromatic rings. The van der Waals surface area contributed by atoms with Gasteiger partial charge in [0.25, 0.3) is 0 Å². The van der Waals surface area contributed by atoms with Crippen LogP contribution in [0.2, 0.25) is 0 Å². The van der Waals surface area contributed by atoms with Crippen LogP contribution in [-0.2, 0) is 9.31 Å². The van der Waals surface area contributed by atoms with E-state index in [1.54, 1.807) is 0 Å². The predicted octanol–water partition coefficient (Wildman–Crippen LogP) is 0.150. The Morgan fingerprint density at radius 3 is 2.48 bits per heavy atom. The van der Waals surface area contributed by atoms with Gasteiger partial charge in [-0.15, -0.1) is 0 Å². The molecule has 3 N–H and O–H groups in total. The monoisotopic (exact) mass is 347 g/mol. The first kappa shape index (κ1) is 18.6. The van der Waals surface area contributed by atoms with Crippen molar-refractivity contribution in [2.45, 2.75) is 45.3 Å². The van der Waals surface area contributed by atoms with Crippen molar-refractivity contribution < 1.29 is 9.31 Å². The molecule has 1 unspecified atom stereocenters. The number of hydrogen-bond donors (Lipinski definition) is 2. The van der Waals surface area contributed by atoms with Gasteiger partial charge in [0.15, 0.2) is 0 Å². The summed E-state index contributed by atoms with van der Waals surface area (Å²) in [5, 5.41) is 3.38. The zero-order valence-electron chi connectivity index (χ0n) is 15.8. The second kappa shape index (κ2) is 7.19. The van der Waals surface area contributed by atoms with Gasteiger partial charge in [-0.25, -0.2) is 9.97 Å². The highest BCUT2D eigenvalue weighted by atomic mass is 16.7. The maximum Gasteiger partial charge on any atom is 0.498 e. The molecular formula is C17H30BN5O2. The number of hydrogen-bond acceptors (Lipinski definition) is 7. The number of rotatable bonds is 6. The van der Waals surface area contributed by atoms with Crippen LogP contribution in [-0.4, -0.2) is 61.0 Å². The highest BCUT2D eigenvalue weighted by molar-refractivity contribution is 6.61. The van der Waals surface area contributed by atoms with Gasteiger partial charge >= 0.3 is 7.12 Å². The smallest absolute Gasteiger partial charge is 0.399 e.